The van der Waals surface area contributed by atoms with Gasteiger partial charge in [-0.3, -0.25) is 19.2 Å². The Morgan fingerprint density at radius 1 is 1.07 bits per heavy atom. The van der Waals surface area contributed by atoms with Gasteiger partial charge in [-0.05, 0) is 101 Å². The number of phenolic OH excluding ortho intramolecular Hbond substituents is 1. The molecule has 0 aromatic heterocycles. The highest BCUT2D eigenvalue weighted by molar-refractivity contribution is 5.91. The van der Waals surface area contributed by atoms with Gasteiger partial charge in [-0.2, -0.15) is 0 Å². The van der Waals surface area contributed by atoms with Crippen molar-refractivity contribution >= 4 is 29.5 Å². The Labute approximate surface area is 337 Å². The number of nitrogens with zero attached hydrogens (tertiary/aromatic N) is 1. The van der Waals surface area contributed by atoms with Gasteiger partial charge in [0.1, 0.15) is 29.7 Å². The Bertz CT molecular complexity index is 1680. The number of ether oxygens (including phenoxy) is 1. The Balaban J connectivity index is 2.00. The van der Waals surface area contributed by atoms with Crippen LogP contribution in [-0.4, -0.2) is 94.2 Å². The number of hydrogen-bond donors (Lipinski definition) is 6. The number of benzene rings is 1. The van der Waals surface area contributed by atoms with Crippen molar-refractivity contribution in [1.29, 1.82) is 0 Å². The lowest BCUT2D eigenvalue weighted by atomic mass is 9.85. The number of fused-ring (bicyclic) bond motifs is 2. The van der Waals surface area contributed by atoms with Crippen LogP contribution in [0.25, 0.3) is 0 Å². The third-order valence-corrected chi connectivity index (χ3v) is 9.95. The number of carbonyl (C=O) groups is 5. The Morgan fingerprint density at radius 2 is 1.79 bits per heavy atom. The second-order valence-electron chi connectivity index (χ2n) is 15.6. The zero-order chi connectivity index (χ0) is 42.1. The van der Waals surface area contributed by atoms with Crippen LogP contribution in [0.15, 0.2) is 84.5 Å². The quantitative estimate of drug-likeness (QED) is 0.0866. The second kappa shape index (κ2) is 23.4. The summed E-state index contributed by atoms with van der Waals surface area (Å²) < 4.78 is 6.11. The highest BCUT2D eigenvalue weighted by Crippen LogP contribution is 2.23. The summed E-state index contributed by atoms with van der Waals surface area (Å²) in [6.45, 7) is 15.3. The Kier molecular flexibility index (Phi) is 19.1. The van der Waals surface area contributed by atoms with Crippen molar-refractivity contribution in [1.82, 2.24) is 26.4 Å². The van der Waals surface area contributed by atoms with Gasteiger partial charge in [0.25, 0.3) is 0 Å². The van der Waals surface area contributed by atoms with Gasteiger partial charge in [0.05, 0.1) is 12.0 Å². The molecule has 2 aliphatic heterocycles. The summed E-state index contributed by atoms with van der Waals surface area (Å²) >= 11 is 0. The lowest BCUT2D eigenvalue weighted by Crippen LogP contribution is -2.59. The summed E-state index contributed by atoms with van der Waals surface area (Å²) in [6, 6.07) is 4.36. The average molecular weight is 790 g/mol. The number of aliphatic hydroxyl groups is 1. The lowest BCUT2D eigenvalue weighted by Gasteiger charge is -2.36. The molecule has 1 saturated heterocycles. The number of allylic oxidation sites excluding steroid dienone is 5. The van der Waals surface area contributed by atoms with Crippen LogP contribution in [-0.2, 0) is 35.1 Å². The number of rotatable bonds is 10. The number of amides is 3. The van der Waals surface area contributed by atoms with E-state index in [1.807, 2.05) is 63.1 Å². The van der Waals surface area contributed by atoms with Crippen LogP contribution < -0.4 is 21.4 Å². The normalized spacial score (nSPS) is 28.6. The molecule has 57 heavy (non-hydrogen) atoms. The minimum Gasteiger partial charge on any atom is -0.508 e. The molecule has 1 aromatic carbocycles. The van der Waals surface area contributed by atoms with E-state index >= 15 is 0 Å². The van der Waals surface area contributed by atoms with Gasteiger partial charge >= 0.3 is 5.97 Å². The highest BCUT2D eigenvalue weighted by atomic mass is 16.5. The molecule has 0 aliphatic carbocycles. The van der Waals surface area contributed by atoms with Crippen LogP contribution in [0.1, 0.15) is 85.6 Å². The van der Waals surface area contributed by atoms with Crippen LogP contribution in [0.3, 0.4) is 0 Å². The Morgan fingerprint density at radius 3 is 2.46 bits per heavy atom. The number of nitrogens with one attached hydrogen (secondary N) is 4. The predicted octanol–water partition coefficient (Wildman–Crippen LogP) is 4.28. The number of ketones is 1. The maximum absolute atomic E-state index is 14.0. The zero-order valence-electron chi connectivity index (χ0n) is 34.3. The SMILES string of the molecule is C=C(C)[C@@H]1NC(=O)[C@H](CCC(C)=O)[C@H](O)[C@@H](C)C/C=C/C=C/C[C@@H](/C(C)=C/C=C/C(=O)NC(C)C)OC(=O)C2CCCN(C[C@H](Cc3cccc(O)c3)NC1=O)N2. The molecule has 312 valence electrons. The van der Waals surface area contributed by atoms with Gasteiger partial charge in [-0.15, -0.1) is 0 Å². The molecule has 0 radical (unpaired) electrons. The van der Waals surface area contributed by atoms with Crippen LogP contribution in [0.4, 0.5) is 0 Å². The zero-order valence-corrected chi connectivity index (χ0v) is 34.3. The number of esters is 1. The number of cyclic esters (lactones) is 1. The fourth-order valence-electron chi connectivity index (χ4n) is 6.77. The predicted molar refractivity (Wildman–Crippen MR) is 220 cm³/mol. The van der Waals surface area contributed by atoms with Crippen LogP contribution in [0.2, 0.25) is 0 Å². The molecule has 13 nitrogen and oxygen atoms in total. The van der Waals surface area contributed by atoms with Crippen molar-refractivity contribution in [3.05, 3.63) is 90.1 Å². The molecular weight excluding hydrogens is 727 g/mol. The van der Waals surface area contributed by atoms with Crippen LogP contribution in [0.5, 0.6) is 5.75 Å². The van der Waals surface area contributed by atoms with E-state index in [2.05, 4.69) is 28.0 Å². The van der Waals surface area contributed by atoms with E-state index in [0.717, 1.165) is 11.1 Å². The molecule has 2 bridgehead atoms. The van der Waals surface area contributed by atoms with E-state index in [4.69, 9.17) is 4.74 Å². The van der Waals surface area contributed by atoms with Gasteiger partial charge in [-0.1, -0.05) is 62.1 Å². The molecule has 2 aliphatic rings. The summed E-state index contributed by atoms with van der Waals surface area (Å²) in [5, 5.41) is 32.2. The molecule has 1 aromatic rings. The molecule has 1 fully saturated rings. The first-order valence-corrected chi connectivity index (χ1v) is 19.9. The molecule has 3 rings (SSSR count). The van der Waals surface area contributed by atoms with Crippen molar-refractivity contribution < 1.29 is 38.9 Å². The lowest BCUT2D eigenvalue weighted by molar-refractivity contribution is -0.153. The van der Waals surface area contributed by atoms with E-state index in [1.165, 1.54) is 13.0 Å². The fourth-order valence-corrected chi connectivity index (χ4v) is 6.77. The number of aliphatic hydroxyl groups excluding tert-OH is 1. The summed E-state index contributed by atoms with van der Waals surface area (Å²) in [6.07, 6.45) is 12.9. The third kappa shape index (κ3) is 16.3. The third-order valence-electron chi connectivity index (χ3n) is 9.95. The highest BCUT2D eigenvalue weighted by Gasteiger charge is 2.35. The number of aromatic hydroxyl groups is 1. The first kappa shape index (κ1) is 46.5. The monoisotopic (exact) mass is 789 g/mol. The maximum atomic E-state index is 14.0. The van der Waals surface area contributed by atoms with Crippen molar-refractivity contribution in [3.8, 4) is 5.75 Å². The molecule has 2 heterocycles. The summed E-state index contributed by atoms with van der Waals surface area (Å²) in [7, 11) is 0. The molecule has 3 amide bonds. The Hall–Kier alpha value is -4.85. The number of phenols is 1. The first-order chi connectivity index (χ1) is 27.0. The molecule has 0 saturated carbocycles. The van der Waals surface area contributed by atoms with Crippen LogP contribution in [0, 0.1) is 11.8 Å². The van der Waals surface area contributed by atoms with Gasteiger partial charge < -0.3 is 35.7 Å². The van der Waals surface area contributed by atoms with Crippen molar-refractivity contribution in [2.45, 2.75) is 123 Å². The van der Waals surface area contributed by atoms with E-state index in [0.29, 0.717) is 44.2 Å². The first-order valence-electron chi connectivity index (χ1n) is 19.9. The number of hydrogen-bond acceptors (Lipinski definition) is 10. The van der Waals surface area contributed by atoms with E-state index in [-0.39, 0.29) is 48.8 Å². The topological polar surface area (TPSA) is 186 Å². The molecule has 2 unspecified atom stereocenters. The summed E-state index contributed by atoms with van der Waals surface area (Å²) in [5.74, 6) is -3.13. The van der Waals surface area contributed by atoms with E-state index < -0.39 is 54.0 Å². The van der Waals surface area contributed by atoms with Crippen molar-refractivity contribution in [2.75, 3.05) is 13.1 Å². The number of hydrazine groups is 1. The van der Waals surface area contributed by atoms with Crippen molar-refractivity contribution in [3.63, 3.8) is 0 Å². The van der Waals surface area contributed by atoms with E-state index in [1.54, 1.807) is 37.3 Å². The van der Waals surface area contributed by atoms with Crippen molar-refractivity contribution in [2.24, 2.45) is 11.8 Å². The standard InChI is InChI=1S/C44H63N5O8/c1-28(2)40-43(55)46-34(25-33-17-13-18-35(51)26-33)27-49-24-14-19-37(48-49)44(56)57-38(30(5)16-12-21-39(52)45-29(3)4)20-11-9-8-10-15-31(6)41(53)36(42(54)47-40)23-22-32(7)50/h8-13,16-18,21,26,29,31,34,36-38,40-41,48,51,53H,1,14-15,19-20,22-25,27H2,2-7H3,(H,45,52)(H,46,55)(H,47,54)/b10-8+,11-9+,21-12+,30-16+/t31-,34-,36+,37?,38-,40-,41+/m0/s1. The second-order valence-corrected chi connectivity index (χ2v) is 15.6. The maximum Gasteiger partial charge on any atom is 0.325 e. The molecule has 8 atom stereocenters. The van der Waals surface area contributed by atoms with E-state index in [9.17, 15) is 34.2 Å². The van der Waals surface area contributed by atoms with Gasteiger partial charge in [0.2, 0.25) is 17.7 Å². The minimum absolute atomic E-state index is 0.0103. The number of carbonyl (C=O) groups excluding carboxylic acids is 5. The van der Waals surface area contributed by atoms with Gasteiger partial charge in [0, 0.05) is 44.1 Å². The average Bonchev–Trinajstić information content (AvgIpc) is 3.13. The molecular formula is C44H63N5O8. The smallest absolute Gasteiger partial charge is 0.325 e. The van der Waals surface area contributed by atoms with Gasteiger partial charge in [0.15, 0.2) is 0 Å². The fraction of sp³-hybridized carbons (Fsp3) is 0.523. The minimum atomic E-state index is -1.14. The summed E-state index contributed by atoms with van der Waals surface area (Å²) in [5.41, 5.74) is 5.17. The summed E-state index contributed by atoms with van der Waals surface area (Å²) in [4.78, 5) is 65.8. The number of Topliss-reactive ketones (excluding diaryl/α,β-unsaturated/α-hetero) is 1. The van der Waals surface area contributed by atoms with Crippen LogP contribution >= 0.6 is 0 Å². The molecule has 13 heteroatoms. The van der Waals surface area contributed by atoms with Gasteiger partial charge in [-0.25, -0.2) is 10.4 Å². The molecule has 0 spiro atoms. The largest absolute Gasteiger partial charge is 0.508 e. The molecule has 6 N–H and O–H groups in total.